The fraction of sp³-hybridized carbons (Fsp3) is 0.611. The van der Waals surface area contributed by atoms with E-state index in [1.54, 1.807) is 5.57 Å². The zero-order valence-electron chi connectivity index (χ0n) is 24.0. The number of nitrogens with zero attached hydrogens (tertiary/aromatic N) is 1. The van der Waals surface area contributed by atoms with Crippen molar-refractivity contribution in [2.75, 3.05) is 0 Å². The molecule has 2 heteroatoms. The third-order valence-electron chi connectivity index (χ3n) is 10.4. The van der Waals surface area contributed by atoms with Crippen LogP contribution in [0.1, 0.15) is 116 Å². The molecule has 0 aromatic heterocycles. The van der Waals surface area contributed by atoms with Crippen LogP contribution in [-0.2, 0) is 11.2 Å². The van der Waals surface area contributed by atoms with Gasteiger partial charge in [0.1, 0.15) is 5.78 Å². The maximum absolute atomic E-state index is 13.9. The molecule has 0 spiro atoms. The number of aliphatic imine (C=N–C) groups is 1. The molecule has 1 aromatic carbocycles. The van der Waals surface area contributed by atoms with E-state index in [0.29, 0.717) is 17.6 Å². The second-order valence-corrected chi connectivity index (χ2v) is 13.0. The Morgan fingerprint density at radius 1 is 1.00 bits per heavy atom. The largest absolute Gasteiger partial charge is 0.299 e. The van der Waals surface area contributed by atoms with Gasteiger partial charge in [-0.25, -0.2) is 0 Å². The lowest BCUT2D eigenvalue weighted by Crippen LogP contribution is -2.43. The van der Waals surface area contributed by atoms with Crippen LogP contribution >= 0.6 is 0 Å². The molecule has 1 heterocycles. The average molecular weight is 512 g/mol. The Morgan fingerprint density at radius 3 is 2.74 bits per heavy atom. The third kappa shape index (κ3) is 6.32. The van der Waals surface area contributed by atoms with Gasteiger partial charge in [0.25, 0.3) is 0 Å². The lowest BCUT2D eigenvalue weighted by Gasteiger charge is -2.42. The third-order valence-corrected chi connectivity index (χ3v) is 10.4. The highest BCUT2D eigenvalue weighted by atomic mass is 16.1. The van der Waals surface area contributed by atoms with Crippen LogP contribution in [0.3, 0.4) is 0 Å². The number of fused-ring (bicyclic) bond motifs is 1. The van der Waals surface area contributed by atoms with Gasteiger partial charge in [0.2, 0.25) is 0 Å². The van der Waals surface area contributed by atoms with E-state index < -0.39 is 0 Å². The monoisotopic (exact) mass is 511 g/mol. The van der Waals surface area contributed by atoms with E-state index in [0.717, 1.165) is 44.9 Å². The van der Waals surface area contributed by atoms with E-state index >= 15 is 0 Å². The van der Waals surface area contributed by atoms with Crippen molar-refractivity contribution in [3.05, 3.63) is 71.0 Å². The van der Waals surface area contributed by atoms with Crippen molar-refractivity contribution in [3.8, 4) is 0 Å². The van der Waals surface area contributed by atoms with E-state index in [2.05, 4.69) is 62.5 Å². The predicted octanol–water partition coefficient (Wildman–Crippen LogP) is 9.76. The molecule has 4 aliphatic rings. The first-order valence-electron chi connectivity index (χ1n) is 15.7. The van der Waals surface area contributed by atoms with Gasteiger partial charge >= 0.3 is 0 Å². The second-order valence-electron chi connectivity index (χ2n) is 13.0. The first-order valence-corrected chi connectivity index (χ1v) is 15.7. The molecule has 204 valence electrons. The number of benzene rings is 1. The molecule has 1 aromatic rings. The Balaban J connectivity index is 1.20. The Kier molecular flexibility index (Phi) is 9.18. The molecule has 3 aliphatic carbocycles. The van der Waals surface area contributed by atoms with Gasteiger partial charge in [-0.2, -0.15) is 0 Å². The van der Waals surface area contributed by atoms with E-state index in [4.69, 9.17) is 4.99 Å². The summed E-state index contributed by atoms with van der Waals surface area (Å²) in [5, 5.41) is 0. The summed E-state index contributed by atoms with van der Waals surface area (Å²) in [7, 11) is 0. The smallest absolute Gasteiger partial charge is 0.142 e. The van der Waals surface area contributed by atoms with Crippen molar-refractivity contribution in [2.24, 2.45) is 28.2 Å². The summed E-state index contributed by atoms with van der Waals surface area (Å²) in [6.07, 6.45) is 25.6. The molecule has 2 nitrogen and oxygen atoms in total. The summed E-state index contributed by atoms with van der Waals surface area (Å²) in [5.74, 6) is 2.13. The van der Waals surface area contributed by atoms with Crippen molar-refractivity contribution in [3.63, 3.8) is 0 Å². The molecule has 38 heavy (non-hydrogen) atoms. The van der Waals surface area contributed by atoms with Crippen LogP contribution < -0.4 is 0 Å². The summed E-state index contributed by atoms with van der Waals surface area (Å²) in [6, 6.07) is 10.8. The highest BCUT2D eigenvalue weighted by Crippen LogP contribution is 2.49. The van der Waals surface area contributed by atoms with E-state index in [-0.39, 0.29) is 11.3 Å². The van der Waals surface area contributed by atoms with Gasteiger partial charge in [-0.3, -0.25) is 9.79 Å². The molecule has 0 radical (unpaired) electrons. The van der Waals surface area contributed by atoms with E-state index in [1.807, 2.05) is 0 Å². The number of aryl methyl sites for hydroxylation is 1. The van der Waals surface area contributed by atoms with Crippen LogP contribution in [0.4, 0.5) is 0 Å². The normalized spacial score (nSPS) is 31.4. The summed E-state index contributed by atoms with van der Waals surface area (Å²) >= 11 is 0. The average Bonchev–Trinajstić information content (AvgIpc) is 3.18. The minimum Gasteiger partial charge on any atom is -0.299 e. The minimum atomic E-state index is -0.107. The molecule has 0 amide bonds. The number of ketones is 1. The fourth-order valence-electron chi connectivity index (χ4n) is 8.05. The molecule has 1 aliphatic heterocycles. The van der Waals surface area contributed by atoms with E-state index in [9.17, 15) is 4.79 Å². The molecule has 0 saturated heterocycles. The second kappa shape index (κ2) is 12.8. The number of carbonyl (C=O) groups excluding carboxylic acids is 1. The van der Waals surface area contributed by atoms with Crippen LogP contribution in [0.2, 0.25) is 0 Å². The fourth-order valence-corrected chi connectivity index (χ4v) is 8.05. The molecule has 4 unspecified atom stereocenters. The number of allylic oxidation sites excluding steroid dienone is 5. The maximum Gasteiger partial charge on any atom is 0.142 e. The first-order chi connectivity index (χ1) is 18.5. The number of Topliss-reactive ketones (excluding diaryl/α,β-unsaturated/α-hetero) is 1. The Morgan fingerprint density at radius 2 is 1.87 bits per heavy atom. The van der Waals surface area contributed by atoms with Crippen molar-refractivity contribution in [1.82, 2.24) is 0 Å². The molecule has 2 saturated carbocycles. The molecule has 5 rings (SSSR count). The van der Waals surface area contributed by atoms with Gasteiger partial charge in [0.05, 0.1) is 0 Å². The molecule has 0 N–H and O–H groups in total. The quantitative estimate of drug-likeness (QED) is 0.335. The van der Waals surface area contributed by atoms with Crippen LogP contribution in [0.5, 0.6) is 0 Å². The lowest BCUT2D eigenvalue weighted by atomic mass is 9.60. The zero-order chi connectivity index (χ0) is 26.4. The van der Waals surface area contributed by atoms with Crippen molar-refractivity contribution in [1.29, 1.82) is 0 Å². The van der Waals surface area contributed by atoms with Crippen LogP contribution in [0.25, 0.3) is 0 Å². The van der Waals surface area contributed by atoms with Crippen LogP contribution in [-0.4, -0.2) is 11.5 Å². The van der Waals surface area contributed by atoms with Gasteiger partial charge in [-0.15, -0.1) is 0 Å². The predicted molar refractivity (Wildman–Crippen MR) is 160 cm³/mol. The standard InChI is InChI=1S/C36H49NO/c1-27-12-11-25-37-34(33-21-7-6-20-32(27)33)26-29-16-9-19-31(23-22-29)36(2)24-10-18-30(35(36)38)17-8-15-28-13-4-3-5-14-28/h3-5,11,13-14,21,25,29-31H,6-10,12,15-20,22-24,26H2,1-2H3/b25-11+,32-27?,37-34?. The Labute approximate surface area is 231 Å². The van der Waals surface area contributed by atoms with Crippen molar-refractivity contribution >= 4 is 11.5 Å². The summed E-state index contributed by atoms with van der Waals surface area (Å²) < 4.78 is 0. The SMILES string of the molecule is CC1=C2CCCC=C2C(CC2CCCC(C3(C)CCCC(CCCc4ccccc4)C3=O)CC2)=N/C=C/C1. The van der Waals surface area contributed by atoms with Crippen LogP contribution in [0, 0.1) is 23.2 Å². The molecule has 2 fully saturated rings. The van der Waals surface area contributed by atoms with Gasteiger partial charge in [-0.05, 0) is 119 Å². The Hall–Kier alpha value is -2.22. The highest BCUT2D eigenvalue weighted by Gasteiger charge is 2.46. The highest BCUT2D eigenvalue weighted by molar-refractivity contribution is 6.04. The summed E-state index contributed by atoms with van der Waals surface area (Å²) in [4.78, 5) is 18.9. The summed E-state index contributed by atoms with van der Waals surface area (Å²) in [5.41, 5.74) is 7.19. The molecule has 0 bridgehead atoms. The number of hydrogen-bond donors (Lipinski definition) is 0. The number of carbonyl (C=O) groups is 1. The van der Waals surface area contributed by atoms with Crippen LogP contribution in [0.15, 0.2) is 70.4 Å². The van der Waals surface area contributed by atoms with Gasteiger partial charge < -0.3 is 0 Å². The summed E-state index contributed by atoms with van der Waals surface area (Å²) in [6.45, 7) is 4.66. The lowest BCUT2D eigenvalue weighted by molar-refractivity contribution is -0.139. The van der Waals surface area contributed by atoms with Crippen molar-refractivity contribution in [2.45, 2.75) is 117 Å². The first kappa shape index (κ1) is 27.4. The minimum absolute atomic E-state index is 0.107. The topological polar surface area (TPSA) is 29.4 Å². The number of hydrogen-bond acceptors (Lipinski definition) is 2. The molecule has 4 atom stereocenters. The number of rotatable bonds is 7. The van der Waals surface area contributed by atoms with Gasteiger partial charge in [0, 0.05) is 23.2 Å². The van der Waals surface area contributed by atoms with E-state index in [1.165, 1.54) is 80.2 Å². The molecular formula is C36H49NO. The Bertz CT molecular complexity index is 1090. The van der Waals surface area contributed by atoms with Gasteiger partial charge in [-0.1, -0.05) is 74.2 Å². The molecular weight excluding hydrogens is 462 g/mol. The van der Waals surface area contributed by atoms with Crippen molar-refractivity contribution < 1.29 is 4.79 Å². The van der Waals surface area contributed by atoms with Gasteiger partial charge in [0.15, 0.2) is 0 Å². The maximum atomic E-state index is 13.9. The zero-order valence-corrected chi connectivity index (χ0v) is 24.0.